The molecule has 1 atom stereocenters. The van der Waals surface area contributed by atoms with Crippen LogP contribution in [0.5, 0.6) is 0 Å². The maximum Gasteiger partial charge on any atom is 0.250 e. The second-order valence-electron chi connectivity index (χ2n) is 6.97. The van der Waals surface area contributed by atoms with Gasteiger partial charge in [0, 0.05) is 38.7 Å². The van der Waals surface area contributed by atoms with Crippen LogP contribution in [-0.2, 0) is 21.6 Å². The van der Waals surface area contributed by atoms with Crippen molar-refractivity contribution in [2.75, 3.05) is 47.0 Å². The Kier molecular flexibility index (Phi) is 4.24. The molecule has 2 aliphatic rings. The Labute approximate surface area is 131 Å². The summed E-state index contributed by atoms with van der Waals surface area (Å²) in [5.74, 6) is 1.19. The van der Waals surface area contributed by atoms with Crippen molar-refractivity contribution in [2.24, 2.45) is 0 Å². The molecule has 2 aliphatic heterocycles. The zero-order chi connectivity index (χ0) is 15.8. The van der Waals surface area contributed by atoms with Gasteiger partial charge in [-0.3, -0.25) is 4.90 Å². The highest BCUT2D eigenvalue weighted by atomic mass is 16.6. The van der Waals surface area contributed by atoms with Gasteiger partial charge >= 0.3 is 0 Å². The minimum atomic E-state index is -0.567. The van der Waals surface area contributed by atoms with Gasteiger partial charge in [-0.15, -0.1) is 10.2 Å². The van der Waals surface area contributed by atoms with Gasteiger partial charge in [0.05, 0.1) is 19.8 Å². The van der Waals surface area contributed by atoms with Gasteiger partial charge < -0.3 is 18.8 Å². The lowest BCUT2D eigenvalue weighted by Crippen LogP contribution is -2.57. The molecule has 2 fully saturated rings. The van der Waals surface area contributed by atoms with Crippen molar-refractivity contribution in [3.8, 4) is 0 Å². The van der Waals surface area contributed by atoms with Crippen LogP contribution in [0, 0.1) is 0 Å². The number of ether oxygens (including phenoxy) is 2. The van der Waals surface area contributed by atoms with E-state index in [0.717, 1.165) is 26.1 Å². The minimum Gasteiger partial charge on any atom is -0.421 e. The van der Waals surface area contributed by atoms with E-state index in [1.807, 2.05) is 0 Å². The molecule has 0 aliphatic carbocycles. The third-order valence-corrected chi connectivity index (χ3v) is 4.82. The lowest BCUT2D eigenvalue weighted by molar-refractivity contribution is -0.0428. The first-order valence-corrected chi connectivity index (χ1v) is 7.85. The Morgan fingerprint density at radius 2 is 2.09 bits per heavy atom. The summed E-state index contributed by atoms with van der Waals surface area (Å²) in [4.78, 5) is 4.75. The fraction of sp³-hybridized carbons (Fsp3) is 0.867. The molecule has 0 N–H and O–H groups in total. The van der Waals surface area contributed by atoms with Gasteiger partial charge in [0.1, 0.15) is 0 Å². The van der Waals surface area contributed by atoms with Gasteiger partial charge in [0.2, 0.25) is 5.89 Å². The summed E-state index contributed by atoms with van der Waals surface area (Å²) < 4.78 is 16.9. The number of piperazine rings is 1. The van der Waals surface area contributed by atoms with Crippen molar-refractivity contribution in [2.45, 2.75) is 38.0 Å². The standard InChI is InChI=1S/C15H26N4O3/c1-14(2)10-18(3)6-7-19(14)9-12-16-17-13(22-12)15(20-4)5-8-21-11-15/h5-11H2,1-4H3. The van der Waals surface area contributed by atoms with Crippen LogP contribution in [0.4, 0.5) is 0 Å². The Hall–Kier alpha value is -1.02. The van der Waals surface area contributed by atoms with E-state index in [-0.39, 0.29) is 5.54 Å². The molecule has 2 saturated heterocycles. The average Bonchev–Trinajstić information content (AvgIpc) is 3.11. The van der Waals surface area contributed by atoms with E-state index < -0.39 is 5.60 Å². The van der Waals surface area contributed by atoms with E-state index in [4.69, 9.17) is 13.9 Å². The molecular formula is C15H26N4O3. The highest BCUT2D eigenvalue weighted by Gasteiger charge is 2.42. The third kappa shape index (κ3) is 2.90. The second kappa shape index (κ2) is 5.88. The summed E-state index contributed by atoms with van der Waals surface area (Å²) in [6, 6.07) is 0. The van der Waals surface area contributed by atoms with Crippen LogP contribution in [0.2, 0.25) is 0 Å². The van der Waals surface area contributed by atoms with Crippen molar-refractivity contribution >= 4 is 0 Å². The molecule has 1 aromatic rings. The van der Waals surface area contributed by atoms with Gasteiger partial charge in [-0.2, -0.15) is 0 Å². The number of rotatable bonds is 4. The van der Waals surface area contributed by atoms with Crippen LogP contribution in [0.15, 0.2) is 4.42 Å². The zero-order valence-electron chi connectivity index (χ0n) is 14.0. The number of nitrogens with zero attached hydrogens (tertiary/aromatic N) is 4. The molecule has 0 bridgehead atoms. The molecular weight excluding hydrogens is 284 g/mol. The number of hydrogen-bond acceptors (Lipinski definition) is 7. The predicted molar refractivity (Wildman–Crippen MR) is 80.4 cm³/mol. The fourth-order valence-corrected chi connectivity index (χ4v) is 3.35. The SMILES string of the molecule is COC1(c2nnc(CN3CCN(C)CC3(C)C)o2)CCOC1. The maximum atomic E-state index is 5.90. The Bertz CT molecular complexity index is 511. The molecule has 3 heterocycles. The van der Waals surface area contributed by atoms with Crippen LogP contribution < -0.4 is 0 Å². The molecule has 3 rings (SSSR count). The Morgan fingerprint density at radius 3 is 2.73 bits per heavy atom. The molecule has 22 heavy (non-hydrogen) atoms. The van der Waals surface area contributed by atoms with Crippen molar-refractivity contribution in [1.82, 2.24) is 20.0 Å². The first kappa shape index (κ1) is 15.9. The molecule has 0 spiro atoms. The number of hydrogen-bond donors (Lipinski definition) is 0. The largest absolute Gasteiger partial charge is 0.421 e. The molecule has 0 radical (unpaired) electrons. The lowest BCUT2D eigenvalue weighted by atomic mass is 9.99. The van der Waals surface area contributed by atoms with Crippen molar-refractivity contribution in [3.05, 3.63) is 11.8 Å². The van der Waals surface area contributed by atoms with E-state index in [1.165, 1.54) is 0 Å². The van der Waals surface area contributed by atoms with Gasteiger partial charge in [0.25, 0.3) is 5.89 Å². The zero-order valence-corrected chi connectivity index (χ0v) is 14.0. The van der Waals surface area contributed by atoms with Crippen LogP contribution in [0.3, 0.4) is 0 Å². The molecule has 124 valence electrons. The highest BCUT2D eigenvalue weighted by molar-refractivity contribution is 5.01. The van der Waals surface area contributed by atoms with Gasteiger partial charge in [-0.1, -0.05) is 0 Å². The van der Waals surface area contributed by atoms with E-state index in [1.54, 1.807) is 7.11 Å². The molecule has 0 aromatic carbocycles. The van der Waals surface area contributed by atoms with Crippen LogP contribution in [-0.4, -0.2) is 72.5 Å². The molecule has 0 amide bonds. The van der Waals surface area contributed by atoms with Crippen LogP contribution in [0.25, 0.3) is 0 Å². The van der Waals surface area contributed by atoms with E-state index in [9.17, 15) is 0 Å². The molecule has 7 nitrogen and oxygen atoms in total. The molecule has 0 saturated carbocycles. The minimum absolute atomic E-state index is 0.0943. The first-order valence-electron chi connectivity index (χ1n) is 7.85. The topological polar surface area (TPSA) is 63.9 Å². The quantitative estimate of drug-likeness (QED) is 0.817. The summed E-state index contributed by atoms with van der Waals surface area (Å²) in [5.41, 5.74) is -0.472. The predicted octanol–water partition coefficient (Wildman–Crippen LogP) is 0.858. The number of likely N-dealkylation sites (N-methyl/N-ethyl adjacent to an activating group) is 1. The maximum absolute atomic E-state index is 5.90. The average molecular weight is 310 g/mol. The smallest absolute Gasteiger partial charge is 0.250 e. The van der Waals surface area contributed by atoms with Gasteiger partial charge in [-0.25, -0.2) is 0 Å². The Balaban J connectivity index is 1.72. The number of methoxy groups -OCH3 is 1. The normalized spacial score (nSPS) is 30.0. The monoisotopic (exact) mass is 310 g/mol. The summed E-state index contributed by atoms with van der Waals surface area (Å²) in [5, 5.41) is 8.44. The van der Waals surface area contributed by atoms with Crippen molar-refractivity contribution in [1.29, 1.82) is 0 Å². The fourth-order valence-electron chi connectivity index (χ4n) is 3.35. The third-order valence-electron chi connectivity index (χ3n) is 4.82. The second-order valence-corrected chi connectivity index (χ2v) is 6.97. The number of aromatic nitrogens is 2. The van der Waals surface area contributed by atoms with Crippen molar-refractivity contribution in [3.63, 3.8) is 0 Å². The summed E-state index contributed by atoms with van der Waals surface area (Å²) >= 11 is 0. The van der Waals surface area contributed by atoms with Crippen molar-refractivity contribution < 1.29 is 13.9 Å². The molecule has 7 heteroatoms. The van der Waals surface area contributed by atoms with E-state index >= 15 is 0 Å². The highest BCUT2D eigenvalue weighted by Crippen LogP contribution is 2.33. The summed E-state index contributed by atoms with van der Waals surface area (Å²) in [6.45, 7) is 9.41. The van der Waals surface area contributed by atoms with Crippen LogP contribution >= 0.6 is 0 Å². The first-order chi connectivity index (χ1) is 10.5. The lowest BCUT2D eigenvalue weighted by Gasteiger charge is -2.45. The van der Waals surface area contributed by atoms with Gasteiger partial charge in [-0.05, 0) is 20.9 Å². The summed E-state index contributed by atoms with van der Waals surface area (Å²) in [7, 11) is 3.83. The van der Waals surface area contributed by atoms with Crippen LogP contribution in [0.1, 0.15) is 32.0 Å². The molecule has 1 unspecified atom stereocenters. The van der Waals surface area contributed by atoms with E-state index in [2.05, 4.69) is 40.9 Å². The van der Waals surface area contributed by atoms with E-state index in [0.29, 0.717) is 31.5 Å². The van der Waals surface area contributed by atoms with Gasteiger partial charge in [0.15, 0.2) is 5.60 Å². The summed E-state index contributed by atoms with van der Waals surface area (Å²) in [6.07, 6.45) is 0.755. The Morgan fingerprint density at radius 1 is 1.27 bits per heavy atom. The molecule has 1 aromatic heterocycles.